The molecule has 2 rings (SSSR count). The molecular weight excluding hydrogens is 267 g/mol. The van der Waals surface area contributed by atoms with Crippen molar-refractivity contribution in [2.24, 2.45) is 0 Å². The molecular formula is C14H14Cl2N2. The van der Waals surface area contributed by atoms with Crippen LogP contribution >= 0.6 is 23.2 Å². The topological polar surface area (TPSA) is 24.9 Å². The van der Waals surface area contributed by atoms with E-state index in [9.17, 15) is 0 Å². The Morgan fingerprint density at radius 2 is 1.83 bits per heavy atom. The highest BCUT2D eigenvalue weighted by molar-refractivity contribution is 6.35. The third-order valence-electron chi connectivity index (χ3n) is 2.78. The molecule has 0 radical (unpaired) electrons. The van der Waals surface area contributed by atoms with E-state index in [1.807, 2.05) is 36.4 Å². The Morgan fingerprint density at radius 1 is 1.11 bits per heavy atom. The molecule has 0 aliphatic heterocycles. The number of hydrogen-bond donors (Lipinski definition) is 1. The molecule has 4 heteroatoms. The highest BCUT2D eigenvalue weighted by atomic mass is 35.5. The summed E-state index contributed by atoms with van der Waals surface area (Å²) in [4.78, 5) is 4.31. The van der Waals surface area contributed by atoms with Crippen molar-refractivity contribution in [1.82, 2.24) is 10.3 Å². The van der Waals surface area contributed by atoms with Gasteiger partial charge < -0.3 is 5.32 Å². The number of hydrogen-bond acceptors (Lipinski definition) is 2. The van der Waals surface area contributed by atoms with Gasteiger partial charge in [-0.1, -0.05) is 35.3 Å². The quantitative estimate of drug-likeness (QED) is 0.906. The van der Waals surface area contributed by atoms with Crippen LogP contribution in [0.4, 0.5) is 0 Å². The summed E-state index contributed by atoms with van der Waals surface area (Å²) in [6.45, 7) is 2.68. The molecule has 1 heterocycles. The van der Waals surface area contributed by atoms with Crippen molar-refractivity contribution in [2.45, 2.75) is 19.5 Å². The minimum atomic E-state index is 0.151. The molecule has 2 nitrogen and oxygen atoms in total. The van der Waals surface area contributed by atoms with Gasteiger partial charge in [-0.2, -0.15) is 0 Å². The third-order valence-corrected chi connectivity index (χ3v) is 3.49. The average Bonchev–Trinajstić information content (AvgIpc) is 2.39. The van der Waals surface area contributed by atoms with Crippen molar-refractivity contribution >= 4 is 23.2 Å². The van der Waals surface area contributed by atoms with Gasteiger partial charge in [-0.15, -0.1) is 0 Å². The highest BCUT2D eigenvalue weighted by Crippen LogP contribution is 2.24. The lowest BCUT2D eigenvalue weighted by molar-refractivity contribution is 0.562. The van der Waals surface area contributed by atoms with Crippen LogP contribution < -0.4 is 5.32 Å². The van der Waals surface area contributed by atoms with Crippen LogP contribution in [0.1, 0.15) is 24.2 Å². The van der Waals surface area contributed by atoms with E-state index in [0.717, 1.165) is 11.3 Å². The Hall–Kier alpha value is -1.09. The van der Waals surface area contributed by atoms with Gasteiger partial charge in [-0.05, 0) is 31.2 Å². The highest BCUT2D eigenvalue weighted by Gasteiger charge is 2.09. The number of benzene rings is 1. The predicted molar refractivity (Wildman–Crippen MR) is 76.0 cm³/mol. The molecule has 0 amide bonds. The van der Waals surface area contributed by atoms with Crippen LogP contribution in [0.2, 0.25) is 10.0 Å². The molecule has 1 aromatic heterocycles. The smallest absolute Gasteiger partial charge is 0.0570 e. The van der Waals surface area contributed by atoms with Crippen molar-refractivity contribution in [3.63, 3.8) is 0 Å². The van der Waals surface area contributed by atoms with Crippen LogP contribution in [-0.2, 0) is 6.54 Å². The van der Waals surface area contributed by atoms with Crippen molar-refractivity contribution in [3.05, 3.63) is 63.9 Å². The van der Waals surface area contributed by atoms with Gasteiger partial charge in [0, 0.05) is 34.4 Å². The van der Waals surface area contributed by atoms with E-state index in [4.69, 9.17) is 23.2 Å². The van der Waals surface area contributed by atoms with Crippen molar-refractivity contribution in [3.8, 4) is 0 Å². The summed E-state index contributed by atoms with van der Waals surface area (Å²) in [6, 6.07) is 11.6. The van der Waals surface area contributed by atoms with Gasteiger partial charge in [0.2, 0.25) is 0 Å². The molecule has 1 atom stereocenters. The summed E-state index contributed by atoms with van der Waals surface area (Å²) in [7, 11) is 0. The maximum absolute atomic E-state index is 6.12. The maximum atomic E-state index is 6.12. The Kier molecular flexibility index (Phi) is 4.59. The van der Waals surface area contributed by atoms with Crippen molar-refractivity contribution < 1.29 is 0 Å². The van der Waals surface area contributed by atoms with Gasteiger partial charge in [-0.3, -0.25) is 4.98 Å². The normalized spacial score (nSPS) is 12.4. The predicted octanol–water partition coefficient (Wildman–Crippen LogP) is 4.24. The summed E-state index contributed by atoms with van der Waals surface area (Å²) >= 11 is 12.2. The second-order valence-corrected chi connectivity index (χ2v) is 4.87. The molecule has 94 valence electrons. The van der Waals surface area contributed by atoms with E-state index in [-0.39, 0.29) is 6.04 Å². The van der Waals surface area contributed by atoms with Crippen LogP contribution in [-0.4, -0.2) is 4.98 Å². The van der Waals surface area contributed by atoms with Gasteiger partial charge >= 0.3 is 0 Å². The van der Waals surface area contributed by atoms with Crippen LogP contribution in [0.25, 0.3) is 0 Å². The van der Waals surface area contributed by atoms with Gasteiger partial charge in [-0.25, -0.2) is 0 Å². The minimum Gasteiger partial charge on any atom is -0.305 e. The Morgan fingerprint density at radius 3 is 2.44 bits per heavy atom. The van der Waals surface area contributed by atoms with Gasteiger partial charge in [0.25, 0.3) is 0 Å². The lowest BCUT2D eigenvalue weighted by Gasteiger charge is -2.14. The SMILES string of the molecule is C[C@H](NCc1c(Cl)cccc1Cl)c1ccccn1. The van der Waals surface area contributed by atoms with E-state index in [0.29, 0.717) is 16.6 Å². The molecule has 0 saturated carbocycles. The summed E-state index contributed by atoms with van der Waals surface area (Å²) in [5, 5.41) is 4.73. The van der Waals surface area contributed by atoms with Gasteiger partial charge in [0.05, 0.1) is 5.69 Å². The molecule has 0 saturated heterocycles. The lowest BCUT2D eigenvalue weighted by Crippen LogP contribution is -2.19. The van der Waals surface area contributed by atoms with Crippen LogP contribution in [0.3, 0.4) is 0 Å². The van der Waals surface area contributed by atoms with Crippen molar-refractivity contribution in [2.75, 3.05) is 0 Å². The maximum Gasteiger partial charge on any atom is 0.0570 e. The van der Waals surface area contributed by atoms with Gasteiger partial charge in [0.15, 0.2) is 0 Å². The number of nitrogens with one attached hydrogen (secondary N) is 1. The Balaban J connectivity index is 2.04. The largest absolute Gasteiger partial charge is 0.305 e. The monoisotopic (exact) mass is 280 g/mol. The number of nitrogens with zero attached hydrogens (tertiary/aromatic N) is 1. The summed E-state index contributed by atoms with van der Waals surface area (Å²) in [5.74, 6) is 0. The zero-order valence-electron chi connectivity index (χ0n) is 10.0. The van der Waals surface area contributed by atoms with E-state index in [1.54, 1.807) is 6.20 Å². The van der Waals surface area contributed by atoms with Crippen LogP contribution in [0.15, 0.2) is 42.6 Å². The summed E-state index contributed by atoms with van der Waals surface area (Å²) in [5.41, 5.74) is 1.92. The third kappa shape index (κ3) is 3.22. The molecule has 0 aliphatic rings. The van der Waals surface area contributed by atoms with E-state index in [2.05, 4.69) is 17.2 Å². The molecule has 1 N–H and O–H groups in total. The molecule has 1 aromatic carbocycles. The zero-order valence-corrected chi connectivity index (χ0v) is 11.5. The first-order valence-electron chi connectivity index (χ1n) is 5.75. The number of aromatic nitrogens is 1. The Bertz CT molecular complexity index is 494. The van der Waals surface area contributed by atoms with Gasteiger partial charge in [0.1, 0.15) is 0 Å². The fourth-order valence-electron chi connectivity index (χ4n) is 1.69. The van der Waals surface area contributed by atoms with E-state index >= 15 is 0 Å². The standard InChI is InChI=1S/C14H14Cl2N2/c1-10(14-7-2-3-8-17-14)18-9-11-12(15)5-4-6-13(11)16/h2-8,10,18H,9H2,1H3/t10-/m0/s1. The molecule has 2 aromatic rings. The molecule has 0 fully saturated rings. The molecule has 0 aliphatic carbocycles. The fourth-order valence-corrected chi connectivity index (χ4v) is 2.22. The first kappa shape index (κ1) is 13.3. The second-order valence-electron chi connectivity index (χ2n) is 4.06. The van der Waals surface area contributed by atoms with E-state index in [1.165, 1.54) is 0 Å². The lowest BCUT2D eigenvalue weighted by atomic mass is 10.1. The van der Waals surface area contributed by atoms with Crippen LogP contribution in [0, 0.1) is 0 Å². The molecule has 0 bridgehead atoms. The first-order valence-corrected chi connectivity index (χ1v) is 6.51. The zero-order chi connectivity index (χ0) is 13.0. The Labute approximate surface area is 117 Å². The molecule has 0 unspecified atom stereocenters. The average molecular weight is 281 g/mol. The van der Waals surface area contributed by atoms with Crippen LogP contribution in [0.5, 0.6) is 0 Å². The number of pyridine rings is 1. The molecule has 0 spiro atoms. The van der Waals surface area contributed by atoms with E-state index < -0.39 is 0 Å². The fraction of sp³-hybridized carbons (Fsp3) is 0.214. The summed E-state index contributed by atoms with van der Waals surface area (Å²) in [6.07, 6.45) is 1.79. The van der Waals surface area contributed by atoms with Crippen molar-refractivity contribution in [1.29, 1.82) is 0 Å². The first-order chi connectivity index (χ1) is 8.68. The summed E-state index contributed by atoms with van der Waals surface area (Å²) < 4.78 is 0. The second kappa shape index (κ2) is 6.19. The minimum absolute atomic E-state index is 0.151. The number of rotatable bonds is 4. The number of halogens is 2. The molecule has 18 heavy (non-hydrogen) atoms.